The van der Waals surface area contributed by atoms with Gasteiger partial charge in [-0.3, -0.25) is 4.79 Å². The van der Waals surface area contributed by atoms with Gasteiger partial charge < -0.3 is 10.1 Å². The van der Waals surface area contributed by atoms with Gasteiger partial charge in [-0.15, -0.1) is 22.7 Å². The van der Waals surface area contributed by atoms with Gasteiger partial charge in [0.1, 0.15) is 11.1 Å². The SMILES string of the molecule is N#Cc1ccsc1NC(=O)COC(=O)c1c2c(nc3ccccc13)C(=Cc1cccs1)CCC2. The van der Waals surface area contributed by atoms with Gasteiger partial charge in [-0.2, -0.15) is 5.26 Å². The van der Waals surface area contributed by atoms with Gasteiger partial charge in [0, 0.05) is 10.3 Å². The molecule has 1 aliphatic carbocycles. The highest BCUT2D eigenvalue weighted by atomic mass is 32.1. The number of para-hydroxylation sites is 1. The first kappa shape index (κ1) is 22.0. The van der Waals surface area contributed by atoms with E-state index in [0.717, 1.165) is 34.5 Å². The van der Waals surface area contributed by atoms with Crippen molar-refractivity contribution in [3.8, 4) is 6.07 Å². The molecule has 0 spiro atoms. The Bertz CT molecular complexity index is 1460. The van der Waals surface area contributed by atoms with E-state index in [4.69, 9.17) is 15.0 Å². The summed E-state index contributed by atoms with van der Waals surface area (Å²) in [5, 5.41) is 16.7. The van der Waals surface area contributed by atoms with Crippen molar-refractivity contribution < 1.29 is 14.3 Å². The summed E-state index contributed by atoms with van der Waals surface area (Å²) < 4.78 is 5.45. The highest BCUT2D eigenvalue weighted by Crippen LogP contribution is 2.36. The number of nitrogens with one attached hydrogen (secondary N) is 1. The second kappa shape index (κ2) is 9.59. The lowest BCUT2D eigenvalue weighted by atomic mass is 9.86. The molecule has 1 aliphatic rings. The first-order valence-corrected chi connectivity index (χ1v) is 12.5. The molecule has 0 radical (unpaired) electrons. The van der Waals surface area contributed by atoms with Crippen molar-refractivity contribution in [2.24, 2.45) is 0 Å². The van der Waals surface area contributed by atoms with Crippen LogP contribution in [0.5, 0.6) is 0 Å². The summed E-state index contributed by atoms with van der Waals surface area (Å²) in [5.74, 6) is -1.04. The molecule has 4 aromatic rings. The Morgan fingerprint density at radius 2 is 2.00 bits per heavy atom. The van der Waals surface area contributed by atoms with Gasteiger partial charge in [-0.1, -0.05) is 24.3 Å². The van der Waals surface area contributed by atoms with E-state index in [1.54, 1.807) is 22.8 Å². The number of nitrogens with zero attached hydrogens (tertiary/aromatic N) is 2. The van der Waals surface area contributed by atoms with Crippen LogP contribution in [-0.2, 0) is 16.0 Å². The number of rotatable bonds is 5. The lowest BCUT2D eigenvalue weighted by Gasteiger charge is -2.22. The largest absolute Gasteiger partial charge is 0.452 e. The summed E-state index contributed by atoms with van der Waals surface area (Å²) in [6, 6.07) is 15.2. The normalized spacial score (nSPS) is 13.9. The fourth-order valence-electron chi connectivity index (χ4n) is 4.11. The van der Waals surface area contributed by atoms with E-state index in [-0.39, 0.29) is 0 Å². The van der Waals surface area contributed by atoms with E-state index in [1.165, 1.54) is 11.3 Å². The number of allylic oxidation sites excluding steroid dienone is 1. The Kier molecular flexibility index (Phi) is 6.21. The second-order valence-corrected chi connectivity index (χ2v) is 9.66. The van der Waals surface area contributed by atoms with Crippen molar-refractivity contribution >= 4 is 62.1 Å². The third-order valence-electron chi connectivity index (χ3n) is 5.61. The lowest BCUT2D eigenvalue weighted by molar-refractivity contribution is -0.119. The van der Waals surface area contributed by atoms with Gasteiger partial charge in [0.15, 0.2) is 6.61 Å². The molecule has 5 rings (SSSR count). The Labute approximate surface area is 204 Å². The Hall–Kier alpha value is -3.80. The summed E-state index contributed by atoms with van der Waals surface area (Å²) in [5.41, 5.74) is 4.36. The maximum absolute atomic E-state index is 13.3. The van der Waals surface area contributed by atoms with Crippen molar-refractivity contribution in [3.05, 3.63) is 80.5 Å². The standard InChI is InChI=1S/C26H19N3O3S2/c27-14-17-10-12-34-25(17)29-22(30)15-32-26(31)23-19-7-1-2-9-21(19)28-24-16(5-3-8-20(23)24)13-18-6-4-11-33-18/h1-2,4,6-7,9-13H,3,5,8,15H2,(H,29,30). The predicted octanol–water partition coefficient (Wildman–Crippen LogP) is 5.90. The number of amides is 1. The number of aromatic nitrogens is 1. The van der Waals surface area contributed by atoms with Crippen LogP contribution in [0, 0.1) is 11.3 Å². The van der Waals surface area contributed by atoms with E-state index in [9.17, 15) is 9.59 Å². The van der Waals surface area contributed by atoms with E-state index in [2.05, 4.69) is 17.5 Å². The number of ether oxygens (including phenoxy) is 1. The Morgan fingerprint density at radius 1 is 1.12 bits per heavy atom. The number of anilines is 1. The highest BCUT2D eigenvalue weighted by molar-refractivity contribution is 7.14. The van der Waals surface area contributed by atoms with Gasteiger partial charge in [-0.25, -0.2) is 9.78 Å². The number of carbonyl (C=O) groups excluding carboxylic acids is 2. The molecule has 0 saturated carbocycles. The molecule has 3 aromatic heterocycles. The zero-order chi connectivity index (χ0) is 23.5. The first-order valence-electron chi connectivity index (χ1n) is 10.7. The van der Waals surface area contributed by atoms with Crippen LogP contribution in [0.2, 0.25) is 0 Å². The van der Waals surface area contributed by atoms with E-state index in [1.807, 2.05) is 41.8 Å². The zero-order valence-electron chi connectivity index (χ0n) is 18.0. The molecule has 168 valence electrons. The predicted molar refractivity (Wildman–Crippen MR) is 135 cm³/mol. The zero-order valence-corrected chi connectivity index (χ0v) is 19.7. The third kappa shape index (κ3) is 4.36. The van der Waals surface area contributed by atoms with Crippen molar-refractivity contribution in [2.75, 3.05) is 11.9 Å². The minimum atomic E-state index is -0.547. The number of benzene rings is 1. The molecular weight excluding hydrogens is 466 g/mol. The number of nitriles is 1. The molecule has 0 fully saturated rings. The lowest BCUT2D eigenvalue weighted by Crippen LogP contribution is -2.22. The van der Waals surface area contributed by atoms with Gasteiger partial charge in [0.05, 0.1) is 22.3 Å². The molecule has 0 atom stereocenters. The molecule has 6 nitrogen and oxygen atoms in total. The number of hydrogen-bond acceptors (Lipinski definition) is 7. The summed E-state index contributed by atoms with van der Waals surface area (Å²) in [7, 11) is 0. The van der Waals surface area contributed by atoms with Gasteiger partial charge >= 0.3 is 5.97 Å². The average Bonchev–Trinajstić information content (AvgIpc) is 3.53. The van der Waals surface area contributed by atoms with Crippen molar-refractivity contribution in [3.63, 3.8) is 0 Å². The van der Waals surface area contributed by atoms with E-state index >= 15 is 0 Å². The highest BCUT2D eigenvalue weighted by Gasteiger charge is 2.26. The van der Waals surface area contributed by atoms with Crippen molar-refractivity contribution in [1.82, 2.24) is 4.98 Å². The number of carbonyl (C=O) groups is 2. The molecule has 1 amide bonds. The summed E-state index contributed by atoms with van der Waals surface area (Å²) in [6.45, 7) is -0.440. The van der Waals surface area contributed by atoms with Crippen LogP contribution in [0.25, 0.3) is 22.6 Å². The second-order valence-electron chi connectivity index (χ2n) is 7.77. The molecule has 8 heteroatoms. The number of thiophene rings is 2. The molecule has 1 N–H and O–H groups in total. The van der Waals surface area contributed by atoms with Crippen LogP contribution in [0.3, 0.4) is 0 Å². The molecule has 0 bridgehead atoms. The van der Waals surface area contributed by atoms with Crippen molar-refractivity contribution in [1.29, 1.82) is 5.26 Å². The maximum atomic E-state index is 13.3. The number of fused-ring (bicyclic) bond motifs is 2. The van der Waals surface area contributed by atoms with Gasteiger partial charge in [0.2, 0.25) is 0 Å². The monoisotopic (exact) mass is 485 g/mol. The molecule has 0 aliphatic heterocycles. The van der Waals surface area contributed by atoms with Gasteiger partial charge in [-0.05, 0) is 65.4 Å². The van der Waals surface area contributed by atoms with Crippen LogP contribution in [0.15, 0.2) is 53.2 Å². The van der Waals surface area contributed by atoms with Crippen molar-refractivity contribution in [2.45, 2.75) is 19.3 Å². The first-order chi connectivity index (χ1) is 16.6. The number of hydrogen-bond donors (Lipinski definition) is 1. The number of pyridine rings is 1. The van der Waals surface area contributed by atoms with Crippen LogP contribution in [0.1, 0.15) is 44.9 Å². The fraction of sp³-hybridized carbons (Fsp3) is 0.154. The summed E-state index contributed by atoms with van der Waals surface area (Å²) in [6.07, 6.45) is 4.64. The van der Waals surface area contributed by atoms with Crippen LogP contribution >= 0.6 is 22.7 Å². The molecule has 1 aromatic carbocycles. The third-order valence-corrected chi connectivity index (χ3v) is 7.26. The molecule has 34 heavy (non-hydrogen) atoms. The van der Waals surface area contributed by atoms with Crippen LogP contribution < -0.4 is 5.32 Å². The average molecular weight is 486 g/mol. The summed E-state index contributed by atoms with van der Waals surface area (Å²) in [4.78, 5) is 31.7. The molecule has 3 heterocycles. The topological polar surface area (TPSA) is 92.1 Å². The van der Waals surface area contributed by atoms with Gasteiger partial charge in [0.25, 0.3) is 5.91 Å². The molecular formula is C26H19N3O3S2. The maximum Gasteiger partial charge on any atom is 0.339 e. The molecule has 0 saturated heterocycles. The van der Waals surface area contributed by atoms with E-state index in [0.29, 0.717) is 33.5 Å². The van der Waals surface area contributed by atoms with E-state index < -0.39 is 18.5 Å². The quantitative estimate of drug-likeness (QED) is 0.355. The Morgan fingerprint density at radius 3 is 2.82 bits per heavy atom. The number of esters is 1. The molecule has 0 unspecified atom stereocenters. The van der Waals surface area contributed by atoms with Crippen LogP contribution in [0.4, 0.5) is 5.00 Å². The minimum absolute atomic E-state index is 0.379. The summed E-state index contributed by atoms with van der Waals surface area (Å²) >= 11 is 2.91. The smallest absolute Gasteiger partial charge is 0.339 e. The minimum Gasteiger partial charge on any atom is -0.452 e. The fourth-order valence-corrected chi connectivity index (χ4v) is 5.55. The van der Waals surface area contributed by atoms with Crippen LogP contribution in [-0.4, -0.2) is 23.5 Å². The Balaban J connectivity index is 1.46.